The Labute approximate surface area is 71.0 Å². The van der Waals surface area contributed by atoms with E-state index >= 15 is 0 Å². The summed E-state index contributed by atoms with van der Waals surface area (Å²) in [6.45, 7) is 1.80. The Morgan fingerprint density at radius 1 is 1.75 bits per heavy atom. The first-order valence-corrected chi connectivity index (χ1v) is 3.90. The van der Waals surface area contributed by atoms with Gasteiger partial charge in [0, 0.05) is 12.6 Å². The van der Waals surface area contributed by atoms with Gasteiger partial charge in [-0.25, -0.2) is 0 Å². The second-order valence-electron chi connectivity index (χ2n) is 2.74. The Bertz CT molecular complexity index is 235. The quantitative estimate of drug-likeness (QED) is 0.630. The number of amides is 2. The average Bonchev–Trinajstić information content (AvgIpc) is 2.34. The van der Waals surface area contributed by atoms with Crippen LogP contribution in [0.4, 0.5) is 0 Å². The Morgan fingerprint density at radius 3 is 2.92 bits per heavy atom. The van der Waals surface area contributed by atoms with E-state index in [4.69, 9.17) is 5.73 Å². The number of carbonyl (C=O) groups is 2. The Balaban J connectivity index is 2.77. The van der Waals surface area contributed by atoms with Crippen LogP contribution in [-0.4, -0.2) is 22.8 Å². The van der Waals surface area contributed by atoms with Crippen LogP contribution in [-0.2, 0) is 9.59 Å². The zero-order valence-corrected chi connectivity index (χ0v) is 6.99. The van der Waals surface area contributed by atoms with Crippen LogP contribution < -0.4 is 5.73 Å². The van der Waals surface area contributed by atoms with Crippen LogP contribution in [0.15, 0.2) is 12.3 Å². The zero-order chi connectivity index (χ0) is 9.14. The third-order valence-corrected chi connectivity index (χ3v) is 1.89. The number of allylic oxidation sites excluding steroid dienone is 1. The Hall–Kier alpha value is -1.32. The van der Waals surface area contributed by atoms with Crippen LogP contribution in [0.2, 0.25) is 0 Å². The van der Waals surface area contributed by atoms with Crippen molar-refractivity contribution in [3.8, 4) is 0 Å². The highest BCUT2D eigenvalue weighted by molar-refractivity contribution is 5.90. The molecule has 1 aliphatic rings. The molecule has 12 heavy (non-hydrogen) atoms. The number of hydrogen-bond donors (Lipinski definition) is 1. The molecule has 1 aliphatic heterocycles. The standard InChI is InChI=1S/C8H12N2O2/c1-2-5-10-6(8(9)12)3-4-7(10)11/h2,5-6H,3-4H2,1H3,(H2,9,12)/b5-2-/t6-/m0/s1. The van der Waals surface area contributed by atoms with E-state index in [1.54, 1.807) is 19.2 Å². The number of nitrogens with zero attached hydrogens (tertiary/aromatic N) is 1. The van der Waals surface area contributed by atoms with E-state index in [0.717, 1.165) is 0 Å². The van der Waals surface area contributed by atoms with Gasteiger partial charge >= 0.3 is 0 Å². The van der Waals surface area contributed by atoms with E-state index in [-0.39, 0.29) is 5.91 Å². The summed E-state index contributed by atoms with van der Waals surface area (Å²) in [7, 11) is 0. The second kappa shape index (κ2) is 3.38. The number of likely N-dealkylation sites (tertiary alicyclic amines) is 1. The van der Waals surface area contributed by atoms with Crippen LogP contribution in [0.3, 0.4) is 0 Å². The van der Waals surface area contributed by atoms with Crippen molar-refractivity contribution < 1.29 is 9.59 Å². The van der Waals surface area contributed by atoms with E-state index in [9.17, 15) is 9.59 Å². The van der Waals surface area contributed by atoms with Gasteiger partial charge < -0.3 is 10.6 Å². The maximum Gasteiger partial charge on any atom is 0.240 e. The van der Waals surface area contributed by atoms with Gasteiger partial charge in [0.05, 0.1) is 0 Å². The van der Waals surface area contributed by atoms with Crippen molar-refractivity contribution in [2.45, 2.75) is 25.8 Å². The van der Waals surface area contributed by atoms with Gasteiger partial charge in [0.25, 0.3) is 0 Å². The fourth-order valence-corrected chi connectivity index (χ4v) is 1.33. The highest BCUT2D eigenvalue weighted by Crippen LogP contribution is 2.18. The van der Waals surface area contributed by atoms with Gasteiger partial charge in [-0.15, -0.1) is 0 Å². The predicted molar refractivity (Wildman–Crippen MR) is 43.9 cm³/mol. The number of carbonyl (C=O) groups excluding carboxylic acids is 2. The molecule has 4 heteroatoms. The third-order valence-electron chi connectivity index (χ3n) is 1.89. The van der Waals surface area contributed by atoms with Crippen LogP contribution in [0, 0.1) is 0 Å². The summed E-state index contributed by atoms with van der Waals surface area (Å²) in [6, 6.07) is -0.436. The lowest BCUT2D eigenvalue weighted by Crippen LogP contribution is -2.38. The van der Waals surface area contributed by atoms with E-state index in [2.05, 4.69) is 0 Å². The van der Waals surface area contributed by atoms with E-state index in [1.165, 1.54) is 4.90 Å². The van der Waals surface area contributed by atoms with Crippen LogP contribution in [0.25, 0.3) is 0 Å². The lowest BCUT2D eigenvalue weighted by atomic mass is 10.2. The molecule has 0 aromatic rings. The molecule has 0 bridgehead atoms. The van der Waals surface area contributed by atoms with Gasteiger partial charge in [-0.05, 0) is 13.3 Å². The number of hydrogen-bond acceptors (Lipinski definition) is 2. The monoisotopic (exact) mass is 168 g/mol. The highest BCUT2D eigenvalue weighted by atomic mass is 16.2. The van der Waals surface area contributed by atoms with Crippen molar-refractivity contribution in [1.29, 1.82) is 0 Å². The van der Waals surface area contributed by atoms with Crippen molar-refractivity contribution in [3.05, 3.63) is 12.3 Å². The normalized spacial score (nSPS) is 23.9. The number of primary amides is 1. The van der Waals surface area contributed by atoms with Crippen LogP contribution in [0.1, 0.15) is 19.8 Å². The molecule has 0 saturated carbocycles. The van der Waals surface area contributed by atoms with E-state index in [1.807, 2.05) is 0 Å². The van der Waals surface area contributed by atoms with Gasteiger partial charge in [-0.1, -0.05) is 6.08 Å². The first-order valence-electron chi connectivity index (χ1n) is 3.90. The number of rotatable bonds is 2. The number of nitrogens with two attached hydrogens (primary N) is 1. The summed E-state index contributed by atoms with van der Waals surface area (Å²) < 4.78 is 0. The molecule has 66 valence electrons. The zero-order valence-electron chi connectivity index (χ0n) is 6.99. The van der Waals surface area contributed by atoms with Gasteiger partial charge in [-0.3, -0.25) is 9.59 Å². The van der Waals surface area contributed by atoms with Gasteiger partial charge in [-0.2, -0.15) is 0 Å². The van der Waals surface area contributed by atoms with Gasteiger partial charge in [0.15, 0.2) is 0 Å². The topological polar surface area (TPSA) is 63.4 Å². The van der Waals surface area contributed by atoms with Gasteiger partial charge in [0.2, 0.25) is 11.8 Å². The minimum absolute atomic E-state index is 0.0306. The molecule has 0 aromatic carbocycles. The highest BCUT2D eigenvalue weighted by Gasteiger charge is 2.32. The molecule has 0 radical (unpaired) electrons. The lowest BCUT2D eigenvalue weighted by Gasteiger charge is -2.16. The molecular weight excluding hydrogens is 156 g/mol. The fourth-order valence-electron chi connectivity index (χ4n) is 1.33. The van der Waals surface area contributed by atoms with Crippen molar-refractivity contribution in [1.82, 2.24) is 4.90 Å². The summed E-state index contributed by atoms with van der Waals surface area (Å²) in [5, 5.41) is 0. The largest absolute Gasteiger partial charge is 0.368 e. The lowest BCUT2D eigenvalue weighted by molar-refractivity contribution is -0.131. The molecule has 0 unspecified atom stereocenters. The Kier molecular flexibility index (Phi) is 2.47. The molecule has 4 nitrogen and oxygen atoms in total. The molecule has 1 atom stereocenters. The maximum absolute atomic E-state index is 11.1. The van der Waals surface area contributed by atoms with Crippen LogP contribution >= 0.6 is 0 Å². The average molecular weight is 168 g/mol. The van der Waals surface area contributed by atoms with Crippen molar-refractivity contribution >= 4 is 11.8 Å². The molecule has 0 aromatic heterocycles. The van der Waals surface area contributed by atoms with Crippen molar-refractivity contribution in [2.75, 3.05) is 0 Å². The van der Waals surface area contributed by atoms with Crippen LogP contribution in [0.5, 0.6) is 0 Å². The molecule has 0 spiro atoms. The predicted octanol–water partition coefficient (Wildman–Crippen LogP) is -0.00370. The summed E-state index contributed by atoms with van der Waals surface area (Å²) >= 11 is 0. The molecule has 1 rings (SSSR count). The SMILES string of the molecule is C/C=C\N1C(=O)CC[C@H]1C(N)=O. The molecule has 2 N–H and O–H groups in total. The van der Waals surface area contributed by atoms with Crippen molar-refractivity contribution in [3.63, 3.8) is 0 Å². The smallest absolute Gasteiger partial charge is 0.240 e. The summed E-state index contributed by atoms with van der Waals surface area (Å²) in [6.07, 6.45) is 4.28. The molecule has 2 amide bonds. The molecular formula is C8H12N2O2. The molecule has 1 saturated heterocycles. The molecule has 1 heterocycles. The molecule has 1 fully saturated rings. The second-order valence-corrected chi connectivity index (χ2v) is 2.74. The van der Waals surface area contributed by atoms with Crippen molar-refractivity contribution in [2.24, 2.45) is 5.73 Å². The maximum atomic E-state index is 11.1. The van der Waals surface area contributed by atoms with E-state index < -0.39 is 11.9 Å². The fraction of sp³-hybridized carbons (Fsp3) is 0.500. The third kappa shape index (κ3) is 1.47. The molecule has 0 aliphatic carbocycles. The summed E-state index contributed by atoms with van der Waals surface area (Å²) in [5.74, 6) is -0.462. The summed E-state index contributed by atoms with van der Waals surface area (Å²) in [4.78, 5) is 23.4. The first-order chi connectivity index (χ1) is 5.66. The Morgan fingerprint density at radius 2 is 2.42 bits per heavy atom. The van der Waals surface area contributed by atoms with E-state index in [0.29, 0.717) is 12.8 Å². The minimum atomic E-state index is -0.436. The van der Waals surface area contributed by atoms with Gasteiger partial charge in [0.1, 0.15) is 6.04 Å². The first kappa shape index (κ1) is 8.77. The minimum Gasteiger partial charge on any atom is -0.368 e. The summed E-state index contributed by atoms with van der Waals surface area (Å²) in [5.41, 5.74) is 5.11.